The van der Waals surface area contributed by atoms with E-state index < -0.39 is 59.8 Å². The predicted octanol–water partition coefficient (Wildman–Crippen LogP) is 5.50. The van der Waals surface area contributed by atoms with Crippen molar-refractivity contribution >= 4 is 17.6 Å². The second-order valence-corrected chi connectivity index (χ2v) is 6.44. The number of benzene rings is 2. The fourth-order valence-corrected chi connectivity index (χ4v) is 2.42. The lowest BCUT2D eigenvalue weighted by molar-refractivity contribution is -0.248. The van der Waals surface area contributed by atoms with E-state index in [-0.39, 0.29) is 11.3 Å². The zero-order chi connectivity index (χ0) is 24.3. The number of nitrogens with one attached hydrogen (secondary N) is 2. The number of urea groups is 1. The maximum atomic E-state index is 13.6. The van der Waals surface area contributed by atoms with Gasteiger partial charge in [-0.3, -0.25) is 10.1 Å². The van der Waals surface area contributed by atoms with E-state index >= 15 is 0 Å². The first-order chi connectivity index (χ1) is 14.7. The van der Waals surface area contributed by atoms with E-state index in [4.69, 9.17) is 0 Å². The molecule has 0 spiro atoms. The molecule has 0 radical (unpaired) electrons. The first-order valence-electron chi connectivity index (χ1n) is 8.64. The summed E-state index contributed by atoms with van der Waals surface area (Å²) in [6, 6.07) is 4.17. The van der Waals surface area contributed by atoms with Gasteiger partial charge in [0, 0.05) is 5.69 Å². The van der Waals surface area contributed by atoms with Crippen LogP contribution >= 0.6 is 0 Å². The third kappa shape index (κ3) is 6.56. The van der Waals surface area contributed by atoms with Crippen molar-refractivity contribution in [1.29, 1.82) is 0 Å². The number of ether oxygens (including phenoxy) is 1. The predicted molar refractivity (Wildman–Crippen MR) is 95.2 cm³/mol. The molecule has 2 N–H and O–H groups in total. The van der Waals surface area contributed by atoms with Gasteiger partial charge in [0.2, 0.25) is 6.17 Å². The van der Waals surface area contributed by atoms with Crippen molar-refractivity contribution in [1.82, 2.24) is 5.32 Å². The second kappa shape index (κ2) is 9.40. The highest BCUT2D eigenvalue weighted by Gasteiger charge is 2.49. The van der Waals surface area contributed by atoms with Crippen molar-refractivity contribution in [3.05, 3.63) is 59.2 Å². The Bertz CT molecular complexity index is 990. The summed E-state index contributed by atoms with van der Waals surface area (Å²) in [7, 11) is 0. The molecule has 0 aliphatic heterocycles. The van der Waals surface area contributed by atoms with Gasteiger partial charge >= 0.3 is 18.3 Å². The minimum absolute atomic E-state index is 0.107. The van der Waals surface area contributed by atoms with Gasteiger partial charge < -0.3 is 10.1 Å². The largest absolute Gasteiger partial charge is 0.430 e. The molecule has 2 rings (SSSR count). The third-order valence-electron chi connectivity index (χ3n) is 3.87. The van der Waals surface area contributed by atoms with Crippen LogP contribution in [0.25, 0.3) is 0 Å². The molecule has 0 aliphatic rings. The highest BCUT2D eigenvalue weighted by Crippen LogP contribution is 2.35. The maximum absolute atomic E-state index is 13.6. The molecule has 1 unspecified atom stereocenters. The van der Waals surface area contributed by atoms with Gasteiger partial charge in [-0.05, 0) is 42.8 Å². The van der Waals surface area contributed by atoms with Crippen molar-refractivity contribution in [2.75, 3.05) is 5.32 Å². The molecule has 0 aromatic heterocycles. The molecule has 0 bridgehead atoms. The van der Waals surface area contributed by atoms with Crippen molar-refractivity contribution in [2.45, 2.75) is 31.8 Å². The minimum Gasteiger partial charge on any atom is -0.430 e. The average molecular weight is 470 g/mol. The lowest BCUT2D eigenvalue weighted by atomic mass is 10.2. The van der Waals surface area contributed by atoms with Crippen molar-refractivity contribution in [2.24, 2.45) is 0 Å². The van der Waals surface area contributed by atoms with Crippen LogP contribution in [0.3, 0.4) is 0 Å². The van der Waals surface area contributed by atoms with Gasteiger partial charge in [-0.2, -0.15) is 22.0 Å². The highest BCUT2D eigenvalue weighted by atomic mass is 19.4. The van der Waals surface area contributed by atoms with Crippen LogP contribution in [0.15, 0.2) is 36.4 Å². The van der Waals surface area contributed by atoms with Gasteiger partial charge in [0.25, 0.3) is 5.91 Å². The van der Waals surface area contributed by atoms with Crippen molar-refractivity contribution in [3.63, 3.8) is 0 Å². The SMILES string of the molecule is Cc1cc(NC(=O)NC(=O)c2c(F)cccc2F)ccc1OC(F)(F)C(F)CC(F)(F)F. The highest BCUT2D eigenvalue weighted by molar-refractivity contribution is 6.08. The van der Waals surface area contributed by atoms with Crippen LogP contribution in [0.5, 0.6) is 5.75 Å². The summed E-state index contributed by atoms with van der Waals surface area (Å²) in [5, 5.41) is 3.74. The smallest absolute Gasteiger partial charge is 0.430 e. The molecule has 32 heavy (non-hydrogen) atoms. The van der Waals surface area contributed by atoms with Crippen LogP contribution < -0.4 is 15.4 Å². The summed E-state index contributed by atoms with van der Waals surface area (Å²) in [6.07, 6.45) is -16.0. The molecular formula is C19H14F8N2O3. The summed E-state index contributed by atoms with van der Waals surface area (Å²) in [5.74, 6) is -4.50. The first kappa shape index (κ1) is 24.9. The number of anilines is 1. The number of carbonyl (C=O) groups excluding carboxylic acids is 2. The van der Waals surface area contributed by atoms with Gasteiger partial charge in [0.15, 0.2) is 0 Å². The number of aryl methyl sites for hydroxylation is 1. The number of amides is 3. The molecule has 1 atom stereocenters. The molecule has 2 aromatic rings. The number of carbonyl (C=O) groups is 2. The summed E-state index contributed by atoms with van der Waals surface area (Å²) in [4.78, 5) is 23.7. The number of imide groups is 1. The van der Waals surface area contributed by atoms with E-state index in [1.807, 2.05) is 0 Å². The molecule has 0 fully saturated rings. The maximum Gasteiger partial charge on any atom is 0.430 e. The Hall–Kier alpha value is -3.38. The third-order valence-corrected chi connectivity index (χ3v) is 3.87. The Morgan fingerprint density at radius 3 is 2.16 bits per heavy atom. The molecule has 0 saturated heterocycles. The normalized spacial score (nSPS) is 12.8. The topological polar surface area (TPSA) is 67.4 Å². The number of alkyl halides is 6. The average Bonchev–Trinajstić information content (AvgIpc) is 2.62. The van der Waals surface area contributed by atoms with Crippen LogP contribution in [0.1, 0.15) is 22.3 Å². The number of rotatable bonds is 6. The number of halogens is 8. The Labute approximate surface area is 175 Å². The molecule has 3 amide bonds. The van der Waals surface area contributed by atoms with Crippen molar-refractivity contribution < 1.29 is 49.4 Å². The molecule has 0 heterocycles. The molecule has 174 valence electrons. The van der Waals surface area contributed by atoms with E-state index in [0.717, 1.165) is 36.4 Å². The van der Waals surface area contributed by atoms with Crippen LogP contribution in [0.4, 0.5) is 45.6 Å². The number of hydrogen-bond donors (Lipinski definition) is 2. The fourth-order valence-electron chi connectivity index (χ4n) is 2.42. The molecule has 13 heteroatoms. The van der Waals surface area contributed by atoms with Crippen molar-refractivity contribution in [3.8, 4) is 5.75 Å². The van der Waals surface area contributed by atoms with Crippen LogP contribution in [0, 0.1) is 18.6 Å². The lowest BCUT2D eigenvalue weighted by Gasteiger charge is -2.23. The van der Waals surface area contributed by atoms with Gasteiger partial charge in [0.05, 0.1) is 6.42 Å². The minimum atomic E-state index is -5.18. The zero-order valence-electron chi connectivity index (χ0n) is 16.0. The standard InChI is InChI=1S/C19H14F8N2O3/c1-9-7-10(5-6-13(9)32-19(26,27)14(22)8-18(23,24)25)28-17(31)29-16(30)15-11(20)3-2-4-12(15)21/h2-7,14H,8H2,1H3,(H2,28,29,30,31). The molecule has 5 nitrogen and oxygen atoms in total. The van der Waals surface area contributed by atoms with Gasteiger partial charge in [-0.1, -0.05) is 6.07 Å². The first-order valence-corrected chi connectivity index (χ1v) is 8.64. The Morgan fingerprint density at radius 1 is 1.03 bits per heavy atom. The van der Waals surface area contributed by atoms with Gasteiger partial charge in [-0.15, -0.1) is 0 Å². The van der Waals surface area contributed by atoms with E-state index in [2.05, 4.69) is 10.1 Å². The van der Waals surface area contributed by atoms with E-state index in [1.54, 1.807) is 5.32 Å². The Balaban J connectivity index is 2.05. The Morgan fingerprint density at radius 2 is 1.62 bits per heavy atom. The van der Waals surface area contributed by atoms with E-state index in [0.29, 0.717) is 0 Å². The summed E-state index contributed by atoms with van der Waals surface area (Å²) in [6.45, 7) is 1.17. The molecule has 2 aromatic carbocycles. The Kier molecular flexibility index (Phi) is 7.31. The summed E-state index contributed by atoms with van der Waals surface area (Å²) >= 11 is 0. The van der Waals surface area contributed by atoms with E-state index in [1.165, 1.54) is 6.92 Å². The zero-order valence-corrected chi connectivity index (χ0v) is 16.0. The van der Waals surface area contributed by atoms with Gasteiger partial charge in [-0.25, -0.2) is 18.0 Å². The molecular weight excluding hydrogens is 456 g/mol. The van der Waals surface area contributed by atoms with E-state index in [9.17, 15) is 44.7 Å². The van der Waals surface area contributed by atoms with Gasteiger partial charge in [0.1, 0.15) is 22.9 Å². The molecule has 0 saturated carbocycles. The summed E-state index contributed by atoms with van der Waals surface area (Å²) < 4.78 is 108. The number of hydrogen-bond acceptors (Lipinski definition) is 3. The molecule has 0 aliphatic carbocycles. The quantitative estimate of drug-likeness (QED) is 0.549. The monoisotopic (exact) mass is 470 g/mol. The lowest BCUT2D eigenvalue weighted by Crippen LogP contribution is -2.39. The second-order valence-electron chi connectivity index (χ2n) is 6.44. The summed E-state index contributed by atoms with van der Waals surface area (Å²) in [5.41, 5.74) is -1.25. The van der Waals surface area contributed by atoms with Crippen LogP contribution in [-0.4, -0.2) is 30.4 Å². The van der Waals surface area contributed by atoms with Crippen LogP contribution in [-0.2, 0) is 0 Å². The van der Waals surface area contributed by atoms with Crippen LogP contribution in [0.2, 0.25) is 0 Å². The fraction of sp³-hybridized carbons (Fsp3) is 0.263.